The van der Waals surface area contributed by atoms with Crippen molar-refractivity contribution in [3.05, 3.63) is 73.4 Å². The highest BCUT2D eigenvalue weighted by Crippen LogP contribution is 2.20. The number of hydrogen-bond acceptors (Lipinski definition) is 5. The van der Waals surface area contributed by atoms with Crippen LogP contribution in [0.5, 0.6) is 0 Å². The van der Waals surface area contributed by atoms with E-state index in [4.69, 9.17) is 9.73 Å². The van der Waals surface area contributed by atoms with Crippen molar-refractivity contribution in [2.45, 2.75) is 114 Å². The molecule has 258 valence electrons. The molecule has 0 bridgehead atoms. The van der Waals surface area contributed by atoms with Crippen molar-refractivity contribution in [3.8, 4) is 0 Å². The molecule has 0 aliphatic rings. The minimum Gasteiger partial charge on any atom is -0.466 e. The van der Waals surface area contributed by atoms with Gasteiger partial charge < -0.3 is 15.4 Å². The SMILES string of the molecule is C=C/C=C(\C=C/C)C(=N/C(NC(=O)C(CC(=O)OCCCC)CC(C)C)C(=O)NC)/C(/C=C\C)C/C=C\C.C=CC.CC.CC. The smallest absolute Gasteiger partial charge is 0.306 e. The van der Waals surface area contributed by atoms with E-state index >= 15 is 0 Å². The maximum atomic E-state index is 13.4. The predicted molar refractivity (Wildman–Crippen MR) is 196 cm³/mol. The Labute approximate surface area is 277 Å². The molecule has 0 aromatic heterocycles. The maximum Gasteiger partial charge on any atom is 0.306 e. The first kappa shape index (κ1) is 48.4. The third kappa shape index (κ3) is 25.5. The molecular weight excluding hydrogens is 562 g/mol. The fourth-order valence-electron chi connectivity index (χ4n) is 3.84. The molecular formula is C38H67N3O4. The molecule has 0 aromatic carbocycles. The van der Waals surface area contributed by atoms with Crippen molar-refractivity contribution in [1.82, 2.24) is 10.6 Å². The summed E-state index contributed by atoms with van der Waals surface area (Å²) in [4.78, 5) is 43.6. The van der Waals surface area contributed by atoms with Gasteiger partial charge in [-0.3, -0.25) is 19.4 Å². The standard InChI is InChI=1S/C31H49N3O4.C3H6.2C2H6/c1-9-14-19-25(18-13-5)28(24(16-11-3)17-12-4)33-29(31(37)32-8)34-30(36)26(21-23(6)7)22-27(35)38-20-15-10-2;1-3-2;2*1-2/h9,11-14,16-18,23,25-26,29H,3,10,15,19-22H2,1-2,4-8H3,(H,32,37)(H,34,36);3H,1H2,2H3;2*1-2H3/b14-9-,17-12-,18-13-,24-16+,33-28-;;;. The minimum absolute atomic E-state index is 0.0482. The first-order valence-electron chi connectivity index (χ1n) is 16.6. The number of unbranched alkanes of at least 4 members (excludes halogenated alkanes) is 1. The van der Waals surface area contributed by atoms with Crippen LogP contribution in [0, 0.1) is 17.8 Å². The lowest BCUT2D eigenvalue weighted by molar-refractivity contribution is -0.147. The van der Waals surface area contributed by atoms with Crippen LogP contribution in [0.15, 0.2) is 78.4 Å². The number of carbonyl (C=O) groups is 3. The van der Waals surface area contributed by atoms with Crippen molar-refractivity contribution >= 4 is 23.5 Å². The van der Waals surface area contributed by atoms with Crippen LogP contribution in [0.25, 0.3) is 0 Å². The fraction of sp³-hybridized carbons (Fsp3) is 0.579. The van der Waals surface area contributed by atoms with Gasteiger partial charge >= 0.3 is 5.97 Å². The zero-order valence-corrected chi connectivity index (χ0v) is 30.7. The van der Waals surface area contributed by atoms with Crippen molar-refractivity contribution in [3.63, 3.8) is 0 Å². The molecule has 0 saturated heterocycles. The van der Waals surface area contributed by atoms with Crippen LogP contribution in [-0.2, 0) is 19.1 Å². The van der Waals surface area contributed by atoms with Crippen LogP contribution in [-0.4, -0.2) is 43.3 Å². The zero-order valence-electron chi connectivity index (χ0n) is 30.7. The predicted octanol–water partition coefficient (Wildman–Crippen LogP) is 9.10. The van der Waals surface area contributed by atoms with E-state index in [0.29, 0.717) is 25.2 Å². The monoisotopic (exact) mass is 630 g/mol. The molecule has 0 fully saturated rings. The molecule has 7 nitrogen and oxygen atoms in total. The molecule has 0 heterocycles. The van der Waals surface area contributed by atoms with Crippen LogP contribution < -0.4 is 10.6 Å². The number of amides is 2. The lowest BCUT2D eigenvalue weighted by atomic mass is 9.91. The van der Waals surface area contributed by atoms with E-state index in [1.165, 1.54) is 7.05 Å². The number of rotatable bonds is 18. The fourth-order valence-corrected chi connectivity index (χ4v) is 3.84. The van der Waals surface area contributed by atoms with Crippen molar-refractivity contribution in [2.75, 3.05) is 13.7 Å². The summed E-state index contributed by atoms with van der Waals surface area (Å²) < 4.78 is 5.30. The first-order chi connectivity index (χ1) is 21.6. The molecule has 3 atom stereocenters. The largest absolute Gasteiger partial charge is 0.466 e. The highest BCUT2D eigenvalue weighted by atomic mass is 16.5. The number of nitrogens with one attached hydrogen (secondary N) is 2. The van der Waals surface area contributed by atoms with E-state index in [1.807, 2.05) is 119 Å². The summed E-state index contributed by atoms with van der Waals surface area (Å²) in [6, 6.07) is 0. The molecule has 0 radical (unpaired) electrons. The van der Waals surface area contributed by atoms with Gasteiger partial charge in [-0.25, -0.2) is 0 Å². The van der Waals surface area contributed by atoms with Crippen molar-refractivity contribution < 1.29 is 19.1 Å². The third-order valence-corrected chi connectivity index (χ3v) is 5.68. The van der Waals surface area contributed by atoms with Gasteiger partial charge in [0.1, 0.15) is 0 Å². The van der Waals surface area contributed by atoms with Gasteiger partial charge in [0.15, 0.2) is 0 Å². The normalized spacial score (nSPS) is 13.4. The average molecular weight is 630 g/mol. The van der Waals surface area contributed by atoms with Gasteiger partial charge in [0.05, 0.1) is 18.7 Å². The molecule has 0 aliphatic heterocycles. The molecule has 2 N–H and O–H groups in total. The minimum atomic E-state index is -1.18. The second-order valence-corrected chi connectivity index (χ2v) is 9.85. The Morgan fingerprint density at radius 1 is 0.933 bits per heavy atom. The lowest BCUT2D eigenvalue weighted by Gasteiger charge is -2.23. The summed E-state index contributed by atoms with van der Waals surface area (Å²) in [6.07, 6.45) is 18.6. The number of allylic oxidation sites excluding steroid dienone is 10. The number of hydrogen-bond donors (Lipinski definition) is 2. The number of nitrogens with zero attached hydrogens (tertiary/aromatic N) is 1. The van der Waals surface area contributed by atoms with E-state index in [1.54, 1.807) is 12.2 Å². The molecule has 0 aromatic rings. The Morgan fingerprint density at radius 3 is 1.98 bits per heavy atom. The number of likely N-dealkylation sites (N-methyl/N-ethyl adjacent to an activating group) is 1. The highest BCUT2D eigenvalue weighted by molar-refractivity contribution is 6.06. The van der Waals surface area contributed by atoms with Gasteiger partial charge in [0, 0.05) is 18.9 Å². The summed E-state index contributed by atoms with van der Waals surface area (Å²) >= 11 is 0. The van der Waals surface area contributed by atoms with Crippen LogP contribution in [0.1, 0.15) is 108 Å². The van der Waals surface area contributed by atoms with Gasteiger partial charge in [0.2, 0.25) is 12.1 Å². The molecule has 7 heteroatoms. The van der Waals surface area contributed by atoms with Gasteiger partial charge in [-0.15, -0.1) is 6.58 Å². The quantitative estimate of drug-likeness (QED) is 0.0520. The number of esters is 1. The Morgan fingerprint density at radius 2 is 1.53 bits per heavy atom. The summed E-state index contributed by atoms with van der Waals surface area (Å²) in [5.41, 5.74) is 1.43. The molecule has 0 aliphatic carbocycles. The second-order valence-electron chi connectivity index (χ2n) is 9.85. The van der Waals surface area contributed by atoms with Gasteiger partial charge in [-0.2, -0.15) is 0 Å². The Hall–Kier alpha value is -3.48. The Kier molecular flexibility index (Phi) is 37.7. The topological polar surface area (TPSA) is 96.9 Å². The number of carbonyl (C=O) groups excluding carboxylic acids is 3. The van der Waals surface area contributed by atoms with Crippen molar-refractivity contribution in [1.29, 1.82) is 0 Å². The number of ether oxygens (including phenoxy) is 1. The molecule has 2 amide bonds. The van der Waals surface area contributed by atoms with E-state index < -0.39 is 29.9 Å². The van der Waals surface area contributed by atoms with E-state index in [9.17, 15) is 14.4 Å². The van der Waals surface area contributed by atoms with E-state index in [-0.39, 0.29) is 18.3 Å². The average Bonchev–Trinajstić information content (AvgIpc) is 3.02. The van der Waals surface area contributed by atoms with Crippen LogP contribution >= 0.6 is 0 Å². The van der Waals surface area contributed by atoms with Gasteiger partial charge in [-0.1, -0.05) is 116 Å². The molecule has 45 heavy (non-hydrogen) atoms. The van der Waals surface area contributed by atoms with E-state index in [2.05, 4.69) is 23.8 Å². The van der Waals surface area contributed by atoms with Crippen molar-refractivity contribution in [2.24, 2.45) is 22.7 Å². The van der Waals surface area contributed by atoms with Crippen LogP contribution in [0.4, 0.5) is 0 Å². The third-order valence-electron chi connectivity index (χ3n) is 5.68. The van der Waals surface area contributed by atoms with Crippen LogP contribution in [0.3, 0.4) is 0 Å². The molecule has 0 rings (SSSR count). The lowest BCUT2D eigenvalue weighted by Crippen LogP contribution is -2.48. The summed E-state index contributed by atoms with van der Waals surface area (Å²) in [7, 11) is 1.50. The zero-order chi connectivity index (χ0) is 35.6. The Bertz CT molecular complexity index is 943. The molecule has 3 unspecified atom stereocenters. The van der Waals surface area contributed by atoms with Gasteiger partial charge in [-0.05, 0) is 58.4 Å². The van der Waals surface area contributed by atoms with Crippen LogP contribution in [0.2, 0.25) is 0 Å². The van der Waals surface area contributed by atoms with E-state index in [0.717, 1.165) is 18.4 Å². The molecule has 0 spiro atoms. The summed E-state index contributed by atoms with van der Waals surface area (Å²) in [5.74, 6) is -1.87. The summed E-state index contributed by atoms with van der Waals surface area (Å²) in [5, 5.41) is 5.41. The number of aliphatic imine (C=N–C) groups is 1. The van der Waals surface area contributed by atoms with Gasteiger partial charge in [0.25, 0.3) is 5.91 Å². The summed E-state index contributed by atoms with van der Waals surface area (Å²) in [6.45, 7) is 29.2. The Balaban J connectivity index is -0.00000110. The maximum absolute atomic E-state index is 13.4. The highest BCUT2D eigenvalue weighted by Gasteiger charge is 2.29. The second kappa shape index (κ2) is 35.0. The first-order valence-corrected chi connectivity index (χ1v) is 16.6. The molecule has 0 saturated carbocycles.